The summed E-state index contributed by atoms with van der Waals surface area (Å²) in [6.45, 7) is 4.58. The molecule has 29 heavy (non-hydrogen) atoms. The topological polar surface area (TPSA) is 53.4 Å². The van der Waals surface area contributed by atoms with Crippen LogP contribution in [-0.4, -0.2) is 57.8 Å². The van der Waals surface area contributed by atoms with Gasteiger partial charge in [0.2, 0.25) is 0 Å². The third-order valence-corrected chi connectivity index (χ3v) is 5.55. The number of piperazine rings is 1. The van der Waals surface area contributed by atoms with E-state index in [2.05, 4.69) is 15.3 Å². The molecule has 1 saturated carbocycles. The highest BCUT2D eigenvalue weighted by Crippen LogP contribution is 2.34. The molecule has 2 aliphatic rings. The zero-order valence-corrected chi connectivity index (χ0v) is 16.6. The second-order valence-corrected chi connectivity index (χ2v) is 7.84. The predicted octanol–water partition coefficient (Wildman–Crippen LogP) is 4.16. The lowest BCUT2D eigenvalue weighted by Gasteiger charge is -2.34. The number of halogens is 4. The predicted molar refractivity (Wildman–Crippen MR) is 103 cm³/mol. The molecule has 0 spiro atoms. The van der Waals surface area contributed by atoms with Crippen LogP contribution in [0, 0.1) is 6.92 Å². The van der Waals surface area contributed by atoms with E-state index in [1.807, 2.05) is 0 Å². The second kappa shape index (κ2) is 7.53. The van der Waals surface area contributed by atoms with Gasteiger partial charge in [0.05, 0.1) is 22.0 Å². The minimum atomic E-state index is -4.51. The van der Waals surface area contributed by atoms with Gasteiger partial charge in [0.15, 0.2) is 0 Å². The number of aromatic nitrogens is 2. The fourth-order valence-electron chi connectivity index (χ4n) is 3.54. The van der Waals surface area contributed by atoms with E-state index in [1.54, 1.807) is 17.9 Å². The molecule has 1 aliphatic carbocycles. The lowest BCUT2D eigenvalue weighted by atomic mass is 10.2. The number of nitrogens with one attached hydrogen (secondary N) is 1. The van der Waals surface area contributed by atoms with Crippen LogP contribution < -0.4 is 5.32 Å². The Morgan fingerprint density at radius 3 is 2.48 bits per heavy atom. The first kappa shape index (κ1) is 20.0. The third-order valence-electron chi connectivity index (χ3n) is 5.23. The Kier molecular flexibility index (Phi) is 5.20. The van der Waals surface area contributed by atoms with Gasteiger partial charge in [0, 0.05) is 38.3 Å². The molecule has 2 fully saturated rings. The maximum atomic E-state index is 13.1. The minimum absolute atomic E-state index is 0.0587. The number of anilines is 1. The monoisotopic (exact) mass is 427 g/mol. The quantitative estimate of drug-likeness (QED) is 0.800. The third kappa shape index (κ3) is 4.35. The normalized spacial score (nSPS) is 18.2. The number of rotatable bonds is 3. The summed E-state index contributed by atoms with van der Waals surface area (Å²) in [4.78, 5) is 16.8. The van der Waals surface area contributed by atoms with Crippen molar-refractivity contribution in [2.24, 2.45) is 0 Å². The second-order valence-electron chi connectivity index (χ2n) is 7.43. The highest BCUT2D eigenvalue weighted by molar-refractivity contribution is 6.32. The number of alkyl halides is 3. The van der Waals surface area contributed by atoms with E-state index in [9.17, 15) is 18.0 Å². The van der Waals surface area contributed by atoms with Crippen LogP contribution in [0.2, 0.25) is 5.02 Å². The number of amides is 2. The number of carbonyl (C=O) groups is 1. The maximum Gasteiger partial charge on any atom is 0.416 e. The Bertz CT molecular complexity index is 917. The molecule has 0 unspecified atom stereocenters. The number of nitrogens with zero attached hydrogens (tertiary/aromatic N) is 4. The summed E-state index contributed by atoms with van der Waals surface area (Å²) in [6.07, 6.45) is -2.06. The van der Waals surface area contributed by atoms with Gasteiger partial charge in [-0.15, -0.1) is 0 Å². The van der Waals surface area contributed by atoms with Crippen molar-refractivity contribution in [3.05, 3.63) is 40.5 Å². The molecular formula is C19H21ClF3N5O. The van der Waals surface area contributed by atoms with Gasteiger partial charge in [0.25, 0.3) is 0 Å². The zero-order valence-electron chi connectivity index (χ0n) is 15.8. The van der Waals surface area contributed by atoms with Gasteiger partial charge in [0.1, 0.15) is 5.82 Å². The Morgan fingerprint density at radius 2 is 1.86 bits per heavy atom. The molecule has 1 aliphatic heterocycles. The van der Waals surface area contributed by atoms with Crippen LogP contribution in [0.5, 0.6) is 0 Å². The average Bonchev–Trinajstić information content (AvgIpc) is 3.45. The van der Waals surface area contributed by atoms with Gasteiger partial charge in [-0.25, -0.2) is 9.48 Å². The van der Waals surface area contributed by atoms with Crippen molar-refractivity contribution >= 4 is 23.4 Å². The van der Waals surface area contributed by atoms with E-state index >= 15 is 0 Å². The van der Waals surface area contributed by atoms with Crippen LogP contribution in [0.25, 0.3) is 5.69 Å². The number of hydrogen-bond donors (Lipinski definition) is 1. The largest absolute Gasteiger partial charge is 0.416 e. The molecule has 156 valence electrons. The number of benzene rings is 1. The van der Waals surface area contributed by atoms with Gasteiger partial charge in [-0.05, 0) is 38.0 Å². The number of hydrogen-bond acceptors (Lipinski definition) is 3. The van der Waals surface area contributed by atoms with Crippen LogP contribution in [-0.2, 0) is 6.18 Å². The van der Waals surface area contributed by atoms with Crippen molar-refractivity contribution in [2.75, 3.05) is 31.5 Å². The maximum absolute atomic E-state index is 13.1. The van der Waals surface area contributed by atoms with Gasteiger partial charge >= 0.3 is 12.2 Å². The van der Waals surface area contributed by atoms with Gasteiger partial charge < -0.3 is 4.90 Å². The fraction of sp³-hybridized carbons (Fsp3) is 0.474. The van der Waals surface area contributed by atoms with Crippen molar-refractivity contribution in [2.45, 2.75) is 32.0 Å². The van der Waals surface area contributed by atoms with Crippen LogP contribution in [0.3, 0.4) is 0 Å². The molecule has 2 heterocycles. The number of aryl methyl sites for hydroxylation is 1. The van der Waals surface area contributed by atoms with Crippen LogP contribution in [0.4, 0.5) is 23.8 Å². The van der Waals surface area contributed by atoms with Crippen molar-refractivity contribution < 1.29 is 18.0 Å². The fourth-order valence-corrected chi connectivity index (χ4v) is 3.74. The van der Waals surface area contributed by atoms with E-state index in [0.717, 1.165) is 25.2 Å². The summed E-state index contributed by atoms with van der Waals surface area (Å²) < 4.78 is 40.6. The van der Waals surface area contributed by atoms with Crippen LogP contribution >= 0.6 is 11.6 Å². The van der Waals surface area contributed by atoms with Gasteiger partial charge in [-0.1, -0.05) is 11.6 Å². The first-order chi connectivity index (χ1) is 13.7. The summed E-state index contributed by atoms with van der Waals surface area (Å²) in [5.41, 5.74) is -0.227. The summed E-state index contributed by atoms with van der Waals surface area (Å²) in [6, 6.07) is 4.99. The Labute approximate surface area is 171 Å². The molecule has 6 nitrogen and oxygen atoms in total. The lowest BCUT2D eigenvalue weighted by molar-refractivity contribution is -0.137. The SMILES string of the molecule is Cc1cc(NC(=O)N2CCN(C3CC3)CC2)n(-c2cc(C(F)(F)F)ccc2Cl)n1. The van der Waals surface area contributed by atoms with E-state index in [1.165, 1.54) is 23.6 Å². The van der Waals surface area contributed by atoms with Crippen molar-refractivity contribution in [3.8, 4) is 5.69 Å². The Balaban J connectivity index is 1.54. The standard InChI is InChI=1S/C19H21ClF3N5O/c1-12-10-17(24-18(29)27-8-6-26(7-9-27)14-3-4-14)28(25-12)16-11-13(19(21,22)23)2-5-15(16)20/h2,5,10-11,14H,3-4,6-9H2,1H3,(H,24,29). The molecule has 0 bridgehead atoms. The summed E-state index contributed by atoms with van der Waals surface area (Å²) in [7, 11) is 0. The molecule has 0 radical (unpaired) electrons. The van der Waals surface area contributed by atoms with Crippen molar-refractivity contribution in [3.63, 3.8) is 0 Å². The van der Waals surface area contributed by atoms with E-state index in [0.29, 0.717) is 24.8 Å². The van der Waals surface area contributed by atoms with Crippen LogP contribution in [0.1, 0.15) is 24.1 Å². The number of carbonyl (C=O) groups excluding carboxylic acids is 1. The molecule has 1 aromatic heterocycles. The van der Waals surface area contributed by atoms with Gasteiger partial charge in [-0.3, -0.25) is 10.2 Å². The Hall–Kier alpha value is -2.26. The van der Waals surface area contributed by atoms with Crippen LogP contribution in [0.15, 0.2) is 24.3 Å². The molecule has 2 aromatic rings. The van der Waals surface area contributed by atoms with E-state index in [-0.39, 0.29) is 22.6 Å². The van der Waals surface area contributed by atoms with Crippen molar-refractivity contribution in [1.82, 2.24) is 19.6 Å². The van der Waals surface area contributed by atoms with Crippen molar-refractivity contribution in [1.29, 1.82) is 0 Å². The van der Waals surface area contributed by atoms with E-state index < -0.39 is 11.7 Å². The first-order valence-electron chi connectivity index (χ1n) is 9.46. The molecule has 4 rings (SSSR count). The average molecular weight is 428 g/mol. The summed E-state index contributed by atoms with van der Waals surface area (Å²) in [5.74, 6) is 0.276. The summed E-state index contributed by atoms with van der Waals surface area (Å²) >= 11 is 6.14. The highest BCUT2D eigenvalue weighted by atomic mass is 35.5. The summed E-state index contributed by atoms with van der Waals surface area (Å²) in [5, 5.41) is 7.11. The number of urea groups is 1. The van der Waals surface area contributed by atoms with Gasteiger partial charge in [-0.2, -0.15) is 18.3 Å². The first-order valence-corrected chi connectivity index (χ1v) is 9.84. The molecule has 1 aromatic carbocycles. The molecule has 2 amide bonds. The lowest BCUT2D eigenvalue weighted by Crippen LogP contribution is -2.50. The smallest absolute Gasteiger partial charge is 0.322 e. The molecule has 1 saturated heterocycles. The minimum Gasteiger partial charge on any atom is -0.322 e. The molecular weight excluding hydrogens is 407 g/mol. The molecule has 10 heteroatoms. The highest BCUT2D eigenvalue weighted by Gasteiger charge is 2.33. The van der Waals surface area contributed by atoms with E-state index in [4.69, 9.17) is 11.6 Å². The molecule has 0 atom stereocenters. The Morgan fingerprint density at radius 1 is 1.17 bits per heavy atom. The molecule has 1 N–H and O–H groups in total. The zero-order chi connectivity index (χ0) is 20.8.